The molecule has 1 aromatic heterocycles. The molecular formula is C36H50FN7O4S. The zero-order chi connectivity index (χ0) is 34.5. The SMILES string of the molecule is Cc1sc2nc1CC(=O)NC1(CCN(C(=O)c3ccc(F)cc3)CC1)CC(=O)NCCC[C@H](NC1CCN(C)CC1)C(=O)N1CCC2CC1. The Labute approximate surface area is 292 Å². The largest absolute Gasteiger partial charge is 0.356 e. The molecule has 1 spiro atoms. The van der Waals surface area contributed by atoms with Gasteiger partial charge in [-0.1, -0.05) is 0 Å². The van der Waals surface area contributed by atoms with Crippen LogP contribution in [0.2, 0.25) is 0 Å². The lowest BCUT2D eigenvalue weighted by atomic mass is 9.83. The Hall–Kier alpha value is -3.42. The first-order chi connectivity index (χ1) is 23.6. The summed E-state index contributed by atoms with van der Waals surface area (Å²) < 4.78 is 13.5. The molecule has 3 fully saturated rings. The van der Waals surface area contributed by atoms with Crippen molar-refractivity contribution in [1.82, 2.24) is 35.6 Å². The molecule has 3 saturated heterocycles. The third-order valence-corrected chi connectivity index (χ3v) is 12.0. The number of benzene rings is 1. The van der Waals surface area contributed by atoms with E-state index in [2.05, 4.69) is 27.9 Å². The lowest BCUT2D eigenvalue weighted by Gasteiger charge is -2.42. The van der Waals surface area contributed by atoms with Gasteiger partial charge in [-0.2, -0.15) is 0 Å². The molecule has 2 aromatic rings. The maximum atomic E-state index is 13.9. The van der Waals surface area contributed by atoms with Crippen LogP contribution >= 0.6 is 11.3 Å². The number of halogens is 1. The molecule has 6 heterocycles. The van der Waals surface area contributed by atoms with Gasteiger partial charge in [-0.05, 0) is 103 Å². The summed E-state index contributed by atoms with van der Waals surface area (Å²) in [4.78, 5) is 66.1. The number of hydrogen-bond donors (Lipinski definition) is 3. The second-order valence-electron chi connectivity index (χ2n) is 14.4. The molecule has 5 aliphatic rings. The molecule has 4 bridgehead atoms. The third kappa shape index (κ3) is 8.85. The zero-order valence-electron chi connectivity index (χ0n) is 28.8. The Morgan fingerprint density at radius 1 is 0.959 bits per heavy atom. The maximum Gasteiger partial charge on any atom is 0.253 e. The summed E-state index contributed by atoms with van der Waals surface area (Å²) in [5, 5.41) is 11.0. The van der Waals surface area contributed by atoms with E-state index in [0.29, 0.717) is 70.0 Å². The molecule has 3 N–H and O–H groups in total. The van der Waals surface area contributed by atoms with Gasteiger partial charge in [-0.15, -0.1) is 11.3 Å². The van der Waals surface area contributed by atoms with Crippen molar-refractivity contribution in [3.8, 4) is 0 Å². The number of nitrogens with zero attached hydrogens (tertiary/aromatic N) is 4. The van der Waals surface area contributed by atoms with Crippen LogP contribution in [0.1, 0.15) is 89.6 Å². The van der Waals surface area contributed by atoms with Crippen molar-refractivity contribution >= 4 is 35.0 Å². The summed E-state index contributed by atoms with van der Waals surface area (Å²) in [7, 11) is 2.13. The highest BCUT2D eigenvalue weighted by molar-refractivity contribution is 7.11. The molecular weight excluding hydrogens is 646 g/mol. The molecule has 4 amide bonds. The highest BCUT2D eigenvalue weighted by Crippen LogP contribution is 2.34. The molecule has 0 radical (unpaired) electrons. The topological polar surface area (TPSA) is 127 Å². The van der Waals surface area contributed by atoms with Gasteiger partial charge in [0.2, 0.25) is 17.7 Å². The summed E-state index contributed by atoms with van der Waals surface area (Å²) in [5.74, 6) is -0.560. The van der Waals surface area contributed by atoms with Crippen LogP contribution in [-0.4, -0.2) is 114 Å². The van der Waals surface area contributed by atoms with E-state index < -0.39 is 11.4 Å². The second-order valence-corrected chi connectivity index (χ2v) is 15.7. The van der Waals surface area contributed by atoms with E-state index in [-0.39, 0.29) is 48.4 Å². The second kappa shape index (κ2) is 15.6. The molecule has 7 rings (SSSR count). The number of aromatic nitrogens is 1. The monoisotopic (exact) mass is 695 g/mol. The minimum Gasteiger partial charge on any atom is -0.356 e. The molecule has 0 unspecified atom stereocenters. The van der Waals surface area contributed by atoms with Gasteiger partial charge in [-0.25, -0.2) is 9.37 Å². The predicted octanol–water partition coefficient (Wildman–Crippen LogP) is 2.98. The van der Waals surface area contributed by atoms with Crippen molar-refractivity contribution in [3.63, 3.8) is 0 Å². The Balaban J connectivity index is 1.18. The summed E-state index contributed by atoms with van der Waals surface area (Å²) in [6.45, 7) is 6.52. The lowest BCUT2D eigenvalue weighted by molar-refractivity contribution is -0.135. The number of amides is 4. The van der Waals surface area contributed by atoms with Crippen LogP contribution in [0.5, 0.6) is 0 Å². The van der Waals surface area contributed by atoms with E-state index in [9.17, 15) is 23.6 Å². The number of likely N-dealkylation sites (tertiary alicyclic amines) is 2. The van der Waals surface area contributed by atoms with Crippen LogP contribution in [0.15, 0.2) is 24.3 Å². The standard InChI is InChI=1S/C36H50FN7O4S/c1-24-30-22-31(45)41-36(13-20-44(21-14-36)34(47)26-5-7-27(37)8-6-26)23-32(46)38-15-3-4-29(39-28-11-16-42(2)17-12-28)35(48)43-18-9-25(10-19-43)33(40-30)49-24/h5-8,25,28-29,39H,3-4,9-23H2,1-2H3,(H,38,46)(H,41,45)/t29-/m0/s1. The van der Waals surface area contributed by atoms with Crippen molar-refractivity contribution in [3.05, 3.63) is 51.2 Å². The van der Waals surface area contributed by atoms with E-state index in [4.69, 9.17) is 4.98 Å². The molecule has 266 valence electrons. The van der Waals surface area contributed by atoms with Crippen molar-refractivity contribution in [1.29, 1.82) is 0 Å². The number of fused-ring (bicyclic) bond motifs is 11. The molecule has 0 saturated carbocycles. The van der Waals surface area contributed by atoms with Gasteiger partial charge in [0, 0.05) is 61.5 Å². The predicted molar refractivity (Wildman–Crippen MR) is 186 cm³/mol. The van der Waals surface area contributed by atoms with E-state index >= 15 is 0 Å². The average Bonchev–Trinajstić information content (AvgIpc) is 3.46. The van der Waals surface area contributed by atoms with Crippen LogP contribution in [0.4, 0.5) is 4.39 Å². The fraction of sp³-hybridized carbons (Fsp3) is 0.639. The number of thiazole rings is 1. The van der Waals surface area contributed by atoms with Gasteiger partial charge in [0.25, 0.3) is 5.91 Å². The quantitative estimate of drug-likeness (QED) is 0.451. The molecule has 13 heteroatoms. The first-order valence-corrected chi connectivity index (χ1v) is 18.7. The Bertz CT molecular complexity index is 1490. The van der Waals surface area contributed by atoms with E-state index in [1.54, 1.807) is 16.2 Å². The number of aryl methyl sites for hydroxylation is 1. The first kappa shape index (κ1) is 35.4. The van der Waals surface area contributed by atoms with E-state index in [1.165, 1.54) is 24.3 Å². The van der Waals surface area contributed by atoms with Crippen molar-refractivity contribution in [2.45, 2.75) is 94.7 Å². The van der Waals surface area contributed by atoms with Crippen molar-refractivity contribution in [2.75, 3.05) is 52.9 Å². The maximum absolute atomic E-state index is 13.9. The normalized spacial score (nSPS) is 23.9. The van der Waals surface area contributed by atoms with Crippen molar-refractivity contribution < 1.29 is 23.6 Å². The number of piperidine rings is 3. The van der Waals surface area contributed by atoms with E-state index in [1.807, 2.05) is 11.8 Å². The number of rotatable bonds is 3. The molecule has 1 aromatic carbocycles. The van der Waals surface area contributed by atoms with Gasteiger partial charge in [0.05, 0.1) is 28.7 Å². The first-order valence-electron chi connectivity index (χ1n) is 17.9. The fourth-order valence-electron chi connectivity index (χ4n) is 7.75. The minimum atomic E-state index is -0.823. The van der Waals surface area contributed by atoms with Gasteiger partial charge in [0.15, 0.2) is 0 Å². The highest BCUT2D eigenvalue weighted by Gasteiger charge is 2.40. The number of carbonyl (C=O) groups is 4. The molecule has 5 aliphatic heterocycles. The molecule has 1 atom stereocenters. The lowest BCUT2D eigenvalue weighted by Crippen LogP contribution is -2.58. The fourth-order valence-corrected chi connectivity index (χ4v) is 8.86. The molecule has 0 aliphatic carbocycles. The van der Waals surface area contributed by atoms with Gasteiger partial charge >= 0.3 is 0 Å². The Kier molecular flexibility index (Phi) is 11.3. The van der Waals surface area contributed by atoms with E-state index in [0.717, 1.165) is 54.4 Å². The summed E-state index contributed by atoms with van der Waals surface area (Å²) in [5.41, 5.74) is 0.332. The summed E-state index contributed by atoms with van der Waals surface area (Å²) >= 11 is 1.63. The molecule has 11 nitrogen and oxygen atoms in total. The Morgan fingerprint density at radius 3 is 2.35 bits per heavy atom. The van der Waals surface area contributed by atoms with Gasteiger partial charge in [0.1, 0.15) is 5.82 Å². The summed E-state index contributed by atoms with van der Waals surface area (Å²) in [6, 6.07) is 5.49. The third-order valence-electron chi connectivity index (χ3n) is 10.8. The van der Waals surface area contributed by atoms with Gasteiger partial charge < -0.3 is 30.7 Å². The number of hydrogen-bond acceptors (Lipinski definition) is 8. The zero-order valence-corrected chi connectivity index (χ0v) is 29.6. The smallest absolute Gasteiger partial charge is 0.253 e. The van der Waals surface area contributed by atoms with Crippen LogP contribution < -0.4 is 16.0 Å². The number of carbonyl (C=O) groups excluding carboxylic acids is 4. The summed E-state index contributed by atoms with van der Waals surface area (Å²) in [6.07, 6.45) is 6.01. The Morgan fingerprint density at radius 2 is 1.65 bits per heavy atom. The minimum absolute atomic E-state index is 0.0880. The van der Waals surface area contributed by atoms with Crippen LogP contribution in [0, 0.1) is 12.7 Å². The van der Waals surface area contributed by atoms with Crippen LogP contribution in [-0.2, 0) is 20.8 Å². The highest BCUT2D eigenvalue weighted by atomic mass is 32.1. The van der Waals surface area contributed by atoms with Crippen LogP contribution in [0.3, 0.4) is 0 Å². The van der Waals surface area contributed by atoms with Crippen LogP contribution in [0.25, 0.3) is 0 Å². The van der Waals surface area contributed by atoms with Crippen molar-refractivity contribution in [2.24, 2.45) is 0 Å². The molecule has 49 heavy (non-hydrogen) atoms. The average molecular weight is 696 g/mol. The number of nitrogens with one attached hydrogen (secondary N) is 3. The van der Waals surface area contributed by atoms with Gasteiger partial charge in [-0.3, -0.25) is 19.2 Å².